The first-order valence-electron chi connectivity index (χ1n) is 10.3. The molecule has 2 aliphatic heterocycles. The molecule has 1 fully saturated rings. The highest BCUT2D eigenvalue weighted by molar-refractivity contribution is 5.94. The van der Waals surface area contributed by atoms with Gasteiger partial charge in [0.1, 0.15) is 5.65 Å². The summed E-state index contributed by atoms with van der Waals surface area (Å²) < 4.78 is 7.52. The van der Waals surface area contributed by atoms with Crippen LogP contribution in [0.2, 0.25) is 0 Å². The summed E-state index contributed by atoms with van der Waals surface area (Å²) in [4.78, 5) is 22.4. The fraction of sp³-hybridized carbons (Fsp3) is 0.391. The molecule has 150 valence electrons. The summed E-state index contributed by atoms with van der Waals surface area (Å²) in [5, 5.41) is 0. The Morgan fingerprint density at radius 2 is 1.86 bits per heavy atom. The highest BCUT2D eigenvalue weighted by Crippen LogP contribution is 2.24. The Kier molecular flexibility index (Phi) is 4.81. The van der Waals surface area contributed by atoms with Gasteiger partial charge in [0.15, 0.2) is 5.69 Å². The van der Waals surface area contributed by atoms with E-state index in [2.05, 4.69) is 33.6 Å². The maximum Gasteiger partial charge on any atom is 0.274 e. The average Bonchev–Trinajstić information content (AvgIpc) is 3.13. The van der Waals surface area contributed by atoms with Crippen LogP contribution in [-0.2, 0) is 24.2 Å². The Morgan fingerprint density at radius 1 is 1.07 bits per heavy atom. The maximum atomic E-state index is 13.3. The minimum absolute atomic E-state index is 0.0174. The first kappa shape index (κ1) is 18.3. The Balaban J connectivity index is 1.50. The lowest BCUT2D eigenvalue weighted by Crippen LogP contribution is -2.41. The number of fused-ring (bicyclic) bond motifs is 2. The van der Waals surface area contributed by atoms with Crippen LogP contribution in [0.4, 0.5) is 0 Å². The van der Waals surface area contributed by atoms with Crippen molar-refractivity contribution < 1.29 is 9.53 Å². The fourth-order valence-electron chi connectivity index (χ4n) is 4.39. The molecular formula is C23H26N4O2. The van der Waals surface area contributed by atoms with E-state index in [0.29, 0.717) is 38.5 Å². The van der Waals surface area contributed by atoms with Gasteiger partial charge in [-0.1, -0.05) is 30.3 Å². The lowest BCUT2D eigenvalue weighted by molar-refractivity contribution is 0.0298. The van der Waals surface area contributed by atoms with Crippen molar-refractivity contribution >= 4 is 11.6 Å². The number of rotatable bonds is 3. The van der Waals surface area contributed by atoms with Crippen LogP contribution in [-0.4, -0.2) is 57.9 Å². The summed E-state index contributed by atoms with van der Waals surface area (Å²) in [7, 11) is 0. The summed E-state index contributed by atoms with van der Waals surface area (Å²) in [6.45, 7) is 7.09. The van der Waals surface area contributed by atoms with Gasteiger partial charge in [0.2, 0.25) is 0 Å². The van der Waals surface area contributed by atoms with Gasteiger partial charge in [-0.2, -0.15) is 0 Å². The summed E-state index contributed by atoms with van der Waals surface area (Å²) in [6.07, 6.45) is 3.07. The van der Waals surface area contributed by atoms with Crippen LogP contribution in [0.3, 0.4) is 0 Å². The normalized spacial score (nSPS) is 17.5. The number of hydrogen-bond acceptors (Lipinski definition) is 4. The summed E-state index contributed by atoms with van der Waals surface area (Å²) in [5.74, 6) is 0.0174. The van der Waals surface area contributed by atoms with Gasteiger partial charge < -0.3 is 14.0 Å². The van der Waals surface area contributed by atoms with E-state index in [9.17, 15) is 4.79 Å². The molecule has 0 saturated carbocycles. The zero-order valence-electron chi connectivity index (χ0n) is 16.8. The van der Waals surface area contributed by atoms with Gasteiger partial charge in [0.05, 0.1) is 18.9 Å². The van der Waals surface area contributed by atoms with E-state index in [1.165, 1.54) is 11.1 Å². The molecular weight excluding hydrogens is 364 g/mol. The molecule has 0 bridgehead atoms. The third-order valence-electron chi connectivity index (χ3n) is 6.03. The van der Waals surface area contributed by atoms with Crippen molar-refractivity contribution in [3.63, 3.8) is 0 Å². The van der Waals surface area contributed by atoms with E-state index in [1.54, 1.807) is 0 Å². The quantitative estimate of drug-likeness (QED) is 0.690. The molecule has 1 aromatic carbocycles. The minimum Gasteiger partial charge on any atom is -0.378 e. The fourth-order valence-corrected chi connectivity index (χ4v) is 4.39. The molecule has 0 atom stereocenters. The van der Waals surface area contributed by atoms with E-state index < -0.39 is 0 Å². The Labute approximate surface area is 170 Å². The van der Waals surface area contributed by atoms with Gasteiger partial charge >= 0.3 is 0 Å². The van der Waals surface area contributed by atoms with Crippen LogP contribution in [0.25, 0.3) is 5.65 Å². The number of imidazole rings is 1. The first-order valence-corrected chi connectivity index (χ1v) is 10.3. The first-order chi connectivity index (χ1) is 14.2. The average molecular weight is 390 g/mol. The number of aromatic nitrogens is 2. The highest BCUT2D eigenvalue weighted by Gasteiger charge is 2.27. The molecule has 5 rings (SSSR count). The summed E-state index contributed by atoms with van der Waals surface area (Å²) in [6, 6.07) is 12.7. The van der Waals surface area contributed by atoms with Crippen molar-refractivity contribution in [2.45, 2.75) is 26.4 Å². The molecule has 1 amide bonds. The van der Waals surface area contributed by atoms with Crippen LogP contribution in [0.15, 0.2) is 42.6 Å². The standard InChI is InChI=1S/C23H26N4O2/c1-17-5-4-9-27-20(16-25-10-8-18-6-2-3-7-19(18)15-25)21(24-22(17)27)23(28)26-11-13-29-14-12-26/h2-7,9H,8,10-16H2,1H3. The Bertz CT molecular complexity index is 1050. The maximum absolute atomic E-state index is 13.3. The van der Waals surface area contributed by atoms with E-state index in [0.717, 1.165) is 36.4 Å². The SMILES string of the molecule is Cc1cccn2c(CN3CCc4ccccc4C3)c(C(=O)N3CCOCC3)nc12. The molecule has 3 aromatic rings. The number of carbonyl (C=O) groups is 1. The van der Waals surface area contributed by atoms with Crippen molar-refractivity contribution in [1.82, 2.24) is 19.2 Å². The second kappa shape index (κ2) is 7.61. The molecule has 0 spiro atoms. The summed E-state index contributed by atoms with van der Waals surface area (Å²) >= 11 is 0. The number of nitrogens with zero attached hydrogens (tertiary/aromatic N) is 4. The number of morpholine rings is 1. The molecule has 0 aliphatic carbocycles. The number of aryl methyl sites for hydroxylation is 1. The monoisotopic (exact) mass is 390 g/mol. The van der Waals surface area contributed by atoms with Gasteiger partial charge in [-0.3, -0.25) is 9.69 Å². The lowest BCUT2D eigenvalue weighted by atomic mass is 10.00. The molecule has 6 heteroatoms. The second-order valence-electron chi connectivity index (χ2n) is 7.93. The molecule has 0 unspecified atom stereocenters. The number of ether oxygens (including phenoxy) is 1. The molecule has 29 heavy (non-hydrogen) atoms. The van der Waals surface area contributed by atoms with E-state index in [4.69, 9.17) is 9.72 Å². The van der Waals surface area contributed by atoms with E-state index in [1.807, 2.05) is 30.2 Å². The van der Waals surface area contributed by atoms with E-state index >= 15 is 0 Å². The van der Waals surface area contributed by atoms with Crippen LogP contribution in [0.1, 0.15) is 32.9 Å². The van der Waals surface area contributed by atoms with Crippen molar-refractivity contribution in [2.24, 2.45) is 0 Å². The number of hydrogen-bond donors (Lipinski definition) is 0. The molecule has 0 radical (unpaired) electrons. The van der Waals surface area contributed by atoms with Gasteiger partial charge in [0, 0.05) is 38.9 Å². The zero-order valence-corrected chi connectivity index (χ0v) is 16.8. The van der Waals surface area contributed by atoms with Crippen molar-refractivity contribution in [2.75, 3.05) is 32.8 Å². The molecule has 0 N–H and O–H groups in total. The number of benzene rings is 1. The largest absolute Gasteiger partial charge is 0.378 e. The number of amides is 1. The number of pyridine rings is 1. The lowest BCUT2D eigenvalue weighted by Gasteiger charge is -2.29. The van der Waals surface area contributed by atoms with Crippen molar-refractivity contribution in [3.8, 4) is 0 Å². The molecule has 2 aliphatic rings. The third-order valence-corrected chi connectivity index (χ3v) is 6.03. The van der Waals surface area contributed by atoms with Gasteiger partial charge in [-0.15, -0.1) is 0 Å². The molecule has 2 aromatic heterocycles. The molecule has 1 saturated heterocycles. The predicted octanol–water partition coefficient (Wildman–Crippen LogP) is 2.67. The second-order valence-corrected chi connectivity index (χ2v) is 7.93. The highest BCUT2D eigenvalue weighted by atomic mass is 16.5. The van der Waals surface area contributed by atoms with E-state index in [-0.39, 0.29) is 5.91 Å². The van der Waals surface area contributed by atoms with Crippen molar-refractivity contribution in [3.05, 3.63) is 70.7 Å². The topological polar surface area (TPSA) is 50.1 Å². The van der Waals surface area contributed by atoms with Crippen molar-refractivity contribution in [1.29, 1.82) is 0 Å². The smallest absolute Gasteiger partial charge is 0.274 e. The Morgan fingerprint density at radius 3 is 2.69 bits per heavy atom. The van der Waals surface area contributed by atoms with Gasteiger partial charge in [-0.05, 0) is 36.1 Å². The summed E-state index contributed by atoms with van der Waals surface area (Å²) in [5.41, 5.74) is 6.34. The van der Waals surface area contributed by atoms with Crippen LogP contribution >= 0.6 is 0 Å². The zero-order chi connectivity index (χ0) is 19.8. The predicted molar refractivity (Wildman–Crippen MR) is 111 cm³/mol. The Hall–Kier alpha value is -2.70. The third kappa shape index (κ3) is 3.43. The molecule has 4 heterocycles. The van der Waals surface area contributed by atoms with Gasteiger partial charge in [0.25, 0.3) is 5.91 Å². The van der Waals surface area contributed by atoms with Crippen LogP contribution in [0, 0.1) is 6.92 Å². The van der Waals surface area contributed by atoms with Crippen LogP contribution < -0.4 is 0 Å². The van der Waals surface area contributed by atoms with Gasteiger partial charge in [-0.25, -0.2) is 4.98 Å². The molecule has 6 nitrogen and oxygen atoms in total. The van der Waals surface area contributed by atoms with Crippen LogP contribution in [0.5, 0.6) is 0 Å². The minimum atomic E-state index is 0.0174. The number of carbonyl (C=O) groups excluding carboxylic acids is 1.